The van der Waals surface area contributed by atoms with Gasteiger partial charge in [-0.2, -0.15) is 0 Å². The average Bonchev–Trinajstić information content (AvgIpc) is 3.43. The fraction of sp³-hybridized carbons (Fsp3) is 0.500. The lowest BCUT2D eigenvalue weighted by atomic mass is 9.92. The smallest absolute Gasteiger partial charge is 0.272 e. The minimum absolute atomic E-state index is 0.105. The minimum atomic E-state index is -1.08. The molecule has 1 aromatic heterocycles. The van der Waals surface area contributed by atoms with Crippen molar-refractivity contribution in [1.29, 1.82) is 0 Å². The molecule has 0 radical (unpaired) electrons. The number of para-hydroxylation sites is 1. The highest BCUT2D eigenvalue weighted by atomic mass is 16.5. The molecule has 1 saturated carbocycles. The van der Waals surface area contributed by atoms with Crippen LogP contribution < -0.4 is 10.1 Å². The van der Waals surface area contributed by atoms with Crippen LogP contribution in [0, 0.1) is 0 Å². The second kappa shape index (κ2) is 10.0. The van der Waals surface area contributed by atoms with Crippen LogP contribution in [0.3, 0.4) is 0 Å². The van der Waals surface area contributed by atoms with Crippen molar-refractivity contribution in [3.63, 3.8) is 0 Å². The Labute approximate surface area is 212 Å². The molecule has 2 aliphatic heterocycles. The fourth-order valence-corrected chi connectivity index (χ4v) is 5.72. The van der Waals surface area contributed by atoms with E-state index in [9.17, 15) is 9.59 Å². The predicted molar refractivity (Wildman–Crippen MR) is 136 cm³/mol. The molecule has 0 bridgehead atoms. The first-order valence-corrected chi connectivity index (χ1v) is 12.9. The number of amides is 2. The molecule has 2 amide bonds. The molecule has 2 fully saturated rings. The van der Waals surface area contributed by atoms with Gasteiger partial charge in [-0.3, -0.25) is 14.6 Å². The fourth-order valence-electron chi connectivity index (χ4n) is 5.72. The number of nitrogens with zero attached hydrogens (tertiary/aromatic N) is 3. The lowest BCUT2D eigenvalue weighted by Crippen LogP contribution is -2.69. The maximum atomic E-state index is 14.1. The first-order chi connectivity index (χ1) is 17.4. The van der Waals surface area contributed by atoms with Crippen molar-refractivity contribution >= 4 is 11.8 Å². The number of hydrogen-bond donors (Lipinski definition) is 1. The van der Waals surface area contributed by atoms with Crippen LogP contribution >= 0.6 is 0 Å². The third kappa shape index (κ3) is 4.39. The summed E-state index contributed by atoms with van der Waals surface area (Å²) in [5.41, 5.74) is 0.354. The Morgan fingerprint density at radius 2 is 1.89 bits per heavy atom. The van der Waals surface area contributed by atoms with Crippen LogP contribution in [0.1, 0.15) is 62.8 Å². The van der Waals surface area contributed by atoms with Crippen molar-refractivity contribution in [3.05, 3.63) is 65.8 Å². The number of carbonyl (C=O) groups is 2. The largest absolute Gasteiger partial charge is 0.496 e. The quantitative estimate of drug-likeness (QED) is 0.614. The van der Waals surface area contributed by atoms with Crippen LogP contribution in [0.25, 0.3) is 0 Å². The maximum Gasteiger partial charge on any atom is 0.272 e. The maximum absolute atomic E-state index is 14.1. The van der Waals surface area contributed by atoms with Crippen LogP contribution in [-0.4, -0.2) is 59.0 Å². The van der Waals surface area contributed by atoms with Crippen molar-refractivity contribution in [2.75, 3.05) is 20.7 Å². The van der Waals surface area contributed by atoms with Crippen LogP contribution in [0.2, 0.25) is 0 Å². The summed E-state index contributed by atoms with van der Waals surface area (Å²) in [7, 11) is 3.56. The van der Waals surface area contributed by atoms with Gasteiger partial charge in [0.15, 0.2) is 0 Å². The predicted octanol–water partition coefficient (Wildman–Crippen LogP) is 4.02. The molecule has 1 aliphatic carbocycles. The van der Waals surface area contributed by atoms with Crippen molar-refractivity contribution in [2.24, 2.45) is 0 Å². The van der Waals surface area contributed by atoms with Crippen molar-refractivity contribution in [3.8, 4) is 5.75 Å². The van der Waals surface area contributed by atoms with Gasteiger partial charge in [0.25, 0.3) is 5.91 Å². The number of ether oxygens (including phenoxy) is 1. The van der Waals surface area contributed by atoms with E-state index in [1.54, 1.807) is 18.3 Å². The van der Waals surface area contributed by atoms with E-state index in [0.717, 1.165) is 37.0 Å². The van der Waals surface area contributed by atoms with Gasteiger partial charge in [-0.25, -0.2) is 5.01 Å². The number of methoxy groups -OCH3 is 1. The highest BCUT2D eigenvalue weighted by Crippen LogP contribution is 2.40. The SMILES string of the molecule is COc1ccccc1CN1C(=O)C2=CC(c3ccco3)N(C)N2CC1(C)C(=O)NC1CCCCCC1. The van der Waals surface area contributed by atoms with Gasteiger partial charge < -0.3 is 19.4 Å². The van der Waals surface area contributed by atoms with E-state index in [0.29, 0.717) is 18.0 Å². The van der Waals surface area contributed by atoms with Crippen LogP contribution in [0.5, 0.6) is 5.75 Å². The Balaban J connectivity index is 1.49. The minimum Gasteiger partial charge on any atom is -0.496 e. The summed E-state index contributed by atoms with van der Waals surface area (Å²) < 4.78 is 11.2. The van der Waals surface area contributed by atoms with E-state index >= 15 is 0 Å². The molecule has 2 atom stereocenters. The molecule has 8 nitrogen and oxygen atoms in total. The zero-order valence-electron chi connectivity index (χ0n) is 21.4. The molecule has 8 heteroatoms. The molecule has 1 aromatic carbocycles. The standard InChI is InChI=1S/C28H36N4O4/c1-28(27(34)29-21-12-6-4-5-7-13-21)19-32-23(17-22(30(32)2)25-15-10-16-36-25)26(33)31(28)18-20-11-8-9-14-24(20)35-3/h8-11,14-17,21-22H,4-7,12-13,18-19H2,1-3H3,(H,29,34). The molecule has 3 heterocycles. The first-order valence-electron chi connectivity index (χ1n) is 12.9. The number of carbonyl (C=O) groups excluding carboxylic acids is 2. The lowest BCUT2D eigenvalue weighted by Gasteiger charge is -2.49. The second-order valence-electron chi connectivity index (χ2n) is 10.3. The molecule has 1 saturated heterocycles. The Hall–Kier alpha value is -3.26. The second-order valence-corrected chi connectivity index (χ2v) is 10.3. The molecule has 192 valence electrons. The summed E-state index contributed by atoms with van der Waals surface area (Å²) in [4.78, 5) is 29.8. The molecular formula is C28H36N4O4. The topological polar surface area (TPSA) is 78.3 Å². The number of furan rings is 1. The summed E-state index contributed by atoms with van der Waals surface area (Å²) >= 11 is 0. The van der Waals surface area contributed by atoms with E-state index < -0.39 is 5.54 Å². The van der Waals surface area contributed by atoms with Gasteiger partial charge in [0.1, 0.15) is 28.8 Å². The third-order valence-electron chi connectivity index (χ3n) is 7.93. The van der Waals surface area contributed by atoms with E-state index in [1.807, 2.05) is 66.5 Å². The van der Waals surface area contributed by atoms with Gasteiger partial charge in [0.05, 0.1) is 26.5 Å². The average molecular weight is 493 g/mol. The van der Waals surface area contributed by atoms with E-state index in [2.05, 4.69) is 5.32 Å². The normalized spacial score (nSPS) is 25.4. The Morgan fingerprint density at radius 3 is 2.58 bits per heavy atom. The lowest BCUT2D eigenvalue weighted by molar-refractivity contribution is -0.159. The summed E-state index contributed by atoms with van der Waals surface area (Å²) in [6.45, 7) is 2.51. The molecule has 3 aliphatic rings. The van der Waals surface area contributed by atoms with Gasteiger partial charge in [-0.1, -0.05) is 43.9 Å². The zero-order chi connectivity index (χ0) is 25.3. The zero-order valence-corrected chi connectivity index (χ0v) is 21.4. The number of rotatable bonds is 6. The molecule has 1 N–H and O–H groups in total. The van der Waals surface area contributed by atoms with Crippen LogP contribution in [0.15, 0.2) is 58.9 Å². The Morgan fingerprint density at radius 1 is 1.14 bits per heavy atom. The van der Waals surface area contributed by atoms with Crippen molar-refractivity contribution in [1.82, 2.24) is 20.2 Å². The molecule has 36 heavy (non-hydrogen) atoms. The Kier molecular flexibility index (Phi) is 6.79. The summed E-state index contributed by atoms with van der Waals surface area (Å²) in [6.07, 6.45) is 10.2. The third-order valence-corrected chi connectivity index (χ3v) is 7.93. The molecule has 2 unspecified atom stereocenters. The van der Waals surface area contributed by atoms with Gasteiger partial charge >= 0.3 is 0 Å². The number of hydrogen-bond acceptors (Lipinski definition) is 6. The van der Waals surface area contributed by atoms with Gasteiger partial charge in [-0.15, -0.1) is 0 Å². The van der Waals surface area contributed by atoms with Gasteiger partial charge in [0.2, 0.25) is 5.91 Å². The summed E-state index contributed by atoms with van der Waals surface area (Å²) in [5, 5.41) is 7.24. The van der Waals surface area contributed by atoms with Crippen LogP contribution in [-0.2, 0) is 16.1 Å². The van der Waals surface area contributed by atoms with Crippen molar-refractivity contribution in [2.45, 2.75) is 69.6 Å². The summed E-state index contributed by atoms with van der Waals surface area (Å²) in [5.74, 6) is 1.18. The number of fused-ring (bicyclic) bond motifs is 1. The van der Waals surface area contributed by atoms with Gasteiger partial charge in [0, 0.05) is 18.7 Å². The van der Waals surface area contributed by atoms with Crippen molar-refractivity contribution < 1.29 is 18.7 Å². The van der Waals surface area contributed by atoms with Gasteiger partial charge in [-0.05, 0) is 44.0 Å². The number of hydrazine groups is 1. The highest BCUT2D eigenvalue weighted by Gasteiger charge is 2.53. The van der Waals surface area contributed by atoms with E-state index in [1.165, 1.54) is 12.8 Å². The number of nitrogens with one attached hydrogen (secondary N) is 1. The molecule has 0 spiro atoms. The van der Waals surface area contributed by atoms with E-state index in [4.69, 9.17) is 9.15 Å². The van der Waals surface area contributed by atoms with Crippen LogP contribution in [0.4, 0.5) is 0 Å². The monoisotopic (exact) mass is 492 g/mol. The number of piperazine rings is 1. The molecular weight excluding hydrogens is 456 g/mol. The Bertz CT molecular complexity index is 1120. The highest BCUT2D eigenvalue weighted by molar-refractivity contribution is 6.00. The van der Waals surface area contributed by atoms with E-state index in [-0.39, 0.29) is 30.4 Å². The number of benzene rings is 1. The number of likely N-dealkylation sites (N-methyl/N-ethyl adjacent to an activating group) is 1. The molecule has 2 aromatic rings. The summed E-state index contributed by atoms with van der Waals surface area (Å²) in [6, 6.07) is 11.4. The first kappa shape index (κ1) is 24.4. The molecule has 5 rings (SSSR count).